The number of ether oxygens (including phenoxy) is 3. The third-order valence-electron chi connectivity index (χ3n) is 5.03. The number of hydrogen-bond donors (Lipinski definition) is 0. The second-order valence-corrected chi connectivity index (χ2v) is 8.75. The van der Waals surface area contributed by atoms with Crippen LogP contribution in [-0.4, -0.2) is 71.9 Å². The molecule has 1 fully saturated rings. The van der Waals surface area contributed by atoms with Crippen molar-refractivity contribution in [3.05, 3.63) is 18.2 Å². The zero-order valence-corrected chi connectivity index (χ0v) is 18.2. The largest absolute Gasteiger partial charge is 0.497 e. The van der Waals surface area contributed by atoms with Gasteiger partial charge in [-0.1, -0.05) is 0 Å². The van der Waals surface area contributed by atoms with Crippen LogP contribution in [-0.2, 0) is 24.3 Å². The van der Waals surface area contributed by atoms with Gasteiger partial charge in [0, 0.05) is 19.2 Å². The molecular weight excluding hydrogens is 400 g/mol. The number of rotatable bonds is 7. The summed E-state index contributed by atoms with van der Waals surface area (Å²) in [6, 6.07) is 3.76. The van der Waals surface area contributed by atoms with E-state index in [9.17, 15) is 18.0 Å². The lowest BCUT2D eigenvalue weighted by Gasteiger charge is -2.36. The van der Waals surface area contributed by atoms with Gasteiger partial charge in [0.05, 0.1) is 39.2 Å². The Kier molecular flexibility index (Phi) is 7.34. The predicted octanol–water partition coefficient (Wildman–Crippen LogP) is 1.27. The molecule has 0 spiro atoms. The van der Waals surface area contributed by atoms with Gasteiger partial charge in [-0.15, -0.1) is 0 Å². The molecule has 9 nitrogen and oxygen atoms in total. The van der Waals surface area contributed by atoms with Crippen LogP contribution in [0.1, 0.15) is 19.8 Å². The maximum atomic E-state index is 13.1. The van der Waals surface area contributed by atoms with Crippen LogP contribution in [0.25, 0.3) is 0 Å². The molecule has 1 aliphatic rings. The molecule has 0 unspecified atom stereocenters. The summed E-state index contributed by atoms with van der Waals surface area (Å²) >= 11 is 0. The summed E-state index contributed by atoms with van der Waals surface area (Å²) in [6.45, 7) is 2.25. The molecule has 162 valence electrons. The molecule has 1 saturated heterocycles. The third-order valence-corrected chi connectivity index (χ3v) is 6.26. The van der Waals surface area contributed by atoms with Gasteiger partial charge < -0.3 is 19.1 Å². The van der Waals surface area contributed by atoms with Crippen molar-refractivity contribution >= 4 is 27.6 Å². The maximum Gasteiger partial charge on any atom is 0.308 e. The van der Waals surface area contributed by atoms with Crippen molar-refractivity contribution in [1.29, 1.82) is 0 Å². The number of carbonyl (C=O) groups is 2. The molecule has 1 amide bonds. The first-order chi connectivity index (χ1) is 13.6. The van der Waals surface area contributed by atoms with E-state index in [0.717, 1.165) is 10.6 Å². The van der Waals surface area contributed by atoms with Gasteiger partial charge >= 0.3 is 5.97 Å². The molecule has 29 heavy (non-hydrogen) atoms. The van der Waals surface area contributed by atoms with Crippen LogP contribution in [0.5, 0.6) is 11.5 Å². The normalized spacial score (nSPS) is 16.1. The highest BCUT2D eigenvalue weighted by molar-refractivity contribution is 7.92. The zero-order chi connectivity index (χ0) is 21.8. The van der Waals surface area contributed by atoms with Crippen LogP contribution in [0.3, 0.4) is 0 Å². The van der Waals surface area contributed by atoms with Crippen molar-refractivity contribution < 1.29 is 32.2 Å². The highest BCUT2D eigenvalue weighted by Crippen LogP contribution is 2.35. The van der Waals surface area contributed by atoms with E-state index in [-0.39, 0.29) is 23.5 Å². The lowest BCUT2D eigenvalue weighted by atomic mass is 9.96. The summed E-state index contributed by atoms with van der Waals surface area (Å²) in [5.41, 5.74) is 0.222. The highest BCUT2D eigenvalue weighted by Gasteiger charge is 2.36. The Morgan fingerprint density at radius 1 is 1.14 bits per heavy atom. The zero-order valence-electron chi connectivity index (χ0n) is 17.4. The monoisotopic (exact) mass is 428 g/mol. The van der Waals surface area contributed by atoms with Crippen molar-refractivity contribution in [3.63, 3.8) is 0 Å². The molecule has 1 atom stereocenters. The SMILES string of the molecule is COC(=O)C1CCN(C(=O)[C@H](C)N(c2cc(OC)ccc2OC)S(C)(=O)=O)CC1. The van der Waals surface area contributed by atoms with Gasteiger partial charge in [0.2, 0.25) is 15.9 Å². The second kappa shape index (κ2) is 9.34. The smallest absolute Gasteiger partial charge is 0.308 e. The number of carbonyl (C=O) groups excluding carboxylic acids is 2. The van der Waals surface area contributed by atoms with Crippen LogP contribution in [0.4, 0.5) is 5.69 Å². The molecule has 2 rings (SSSR count). The molecule has 1 aromatic carbocycles. The number of anilines is 1. The van der Waals surface area contributed by atoms with Crippen LogP contribution in [0.2, 0.25) is 0 Å². The summed E-state index contributed by atoms with van der Waals surface area (Å²) in [5, 5.41) is 0. The van der Waals surface area contributed by atoms with E-state index in [1.165, 1.54) is 34.3 Å². The molecule has 0 saturated carbocycles. The number of esters is 1. The molecule has 0 aromatic heterocycles. The Hall–Kier alpha value is -2.49. The number of benzene rings is 1. The Morgan fingerprint density at radius 3 is 2.24 bits per heavy atom. The summed E-state index contributed by atoms with van der Waals surface area (Å²) in [7, 11) is 0.425. The molecule has 0 bridgehead atoms. The van der Waals surface area contributed by atoms with E-state index in [2.05, 4.69) is 0 Å². The van der Waals surface area contributed by atoms with E-state index in [1.54, 1.807) is 17.0 Å². The number of amides is 1. The van der Waals surface area contributed by atoms with Crippen LogP contribution < -0.4 is 13.8 Å². The van der Waals surface area contributed by atoms with Gasteiger partial charge in [-0.2, -0.15) is 0 Å². The fraction of sp³-hybridized carbons (Fsp3) is 0.579. The van der Waals surface area contributed by atoms with Gasteiger partial charge in [-0.3, -0.25) is 13.9 Å². The lowest BCUT2D eigenvalue weighted by Crippen LogP contribution is -2.51. The average molecular weight is 429 g/mol. The minimum atomic E-state index is -3.81. The summed E-state index contributed by atoms with van der Waals surface area (Å²) in [4.78, 5) is 26.4. The van der Waals surface area contributed by atoms with E-state index >= 15 is 0 Å². The summed E-state index contributed by atoms with van der Waals surface area (Å²) in [5.74, 6) is -0.134. The van der Waals surface area contributed by atoms with Crippen molar-refractivity contribution in [2.75, 3.05) is 45.0 Å². The molecule has 0 N–H and O–H groups in total. The minimum absolute atomic E-state index is 0.222. The van der Waals surface area contributed by atoms with Gasteiger partial charge in [0.25, 0.3) is 0 Å². The van der Waals surface area contributed by atoms with E-state index in [1.807, 2.05) is 0 Å². The minimum Gasteiger partial charge on any atom is -0.497 e. The fourth-order valence-electron chi connectivity index (χ4n) is 3.51. The Bertz CT molecular complexity index is 848. The molecule has 10 heteroatoms. The van der Waals surface area contributed by atoms with Crippen LogP contribution in [0.15, 0.2) is 18.2 Å². The van der Waals surface area contributed by atoms with Crippen LogP contribution in [0, 0.1) is 5.92 Å². The van der Waals surface area contributed by atoms with Crippen molar-refractivity contribution in [2.45, 2.75) is 25.8 Å². The first-order valence-electron chi connectivity index (χ1n) is 9.22. The lowest BCUT2D eigenvalue weighted by molar-refractivity contribution is -0.149. The molecule has 0 aliphatic carbocycles. The summed E-state index contributed by atoms with van der Waals surface area (Å²) < 4.78 is 41.5. The van der Waals surface area contributed by atoms with Gasteiger partial charge in [0.15, 0.2) is 0 Å². The van der Waals surface area contributed by atoms with E-state index in [4.69, 9.17) is 14.2 Å². The van der Waals surface area contributed by atoms with Crippen molar-refractivity contribution in [1.82, 2.24) is 4.90 Å². The molecule has 1 heterocycles. The van der Waals surface area contributed by atoms with Crippen LogP contribution >= 0.6 is 0 Å². The Morgan fingerprint density at radius 2 is 1.76 bits per heavy atom. The fourth-order valence-corrected chi connectivity index (χ4v) is 4.67. The summed E-state index contributed by atoms with van der Waals surface area (Å²) in [6.07, 6.45) is 2.00. The predicted molar refractivity (Wildman–Crippen MR) is 108 cm³/mol. The van der Waals surface area contributed by atoms with Gasteiger partial charge in [0.1, 0.15) is 17.5 Å². The molecular formula is C19H28N2O7S. The number of sulfonamides is 1. The molecule has 0 radical (unpaired) electrons. The molecule has 1 aromatic rings. The molecule has 1 aliphatic heterocycles. The Balaban J connectivity index is 2.30. The maximum absolute atomic E-state index is 13.1. The number of likely N-dealkylation sites (tertiary alicyclic amines) is 1. The number of piperidine rings is 1. The van der Waals surface area contributed by atoms with Gasteiger partial charge in [-0.25, -0.2) is 8.42 Å². The number of nitrogens with zero attached hydrogens (tertiary/aromatic N) is 2. The number of hydrogen-bond acceptors (Lipinski definition) is 7. The third kappa shape index (κ3) is 5.11. The first kappa shape index (κ1) is 22.8. The van der Waals surface area contributed by atoms with Crippen molar-refractivity contribution in [2.24, 2.45) is 5.92 Å². The van der Waals surface area contributed by atoms with E-state index in [0.29, 0.717) is 37.4 Å². The van der Waals surface area contributed by atoms with Gasteiger partial charge in [-0.05, 0) is 31.9 Å². The second-order valence-electron chi connectivity index (χ2n) is 6.90. The topological polar surface area (TPSA) is 102 Å². The quantitative estimate of drug-likeness (QED) is 0.603. The standard InChI is InChI=1S/C19H28N2O7S/c1-13(18(22)20-10-8-14(9-11-20)19(23)28-4)21(29(5,24)25)16-12-15(26-2)6-7-17(16)27-3/h6-7,12-14H,8-11H2,1-5H3/t13-/m0/s1. The van der Waals surface area contributed by atoms with Crippen molar-refractivity contribution in [3.8, 4) is 11.5 Å². The first-order valence-corrected chi connectivity index (χ1v) is 11.1. The average Bonchev–Trinajstić information content (AvgIpc) is 2.71. The Labute approximate surface area is 171 Å². The van der Waals surface area contributed by atoms with E-state index < -0.39 is 16.1 Å². The number of methoxy groups -OCH3 is 3. The highest BCUT2D eigenvalue weighted by atomic mass is 32.2.